The van der Waals surface area contributed by atoms with E-state index in [9.17, 15) is 0 Å². The topological polar surface area (TPSA) is 30.5 Å². The van der Waals surface area contributed by atoms with Gasteiger partial charge in [0.05, 0.1) is 13.2 Å². The molecule has 0 aromatic rings. The Morgan fingerprint density at radius 2 is 1.93 bits per heavy atom. The molecular weight excluding hydrogens is 190 g/mol. The van der Waals surface area contributed by atoms with E-state index >= 15 is 0 Å². The van der Waals surface area contributed by atoms with Crippen molar-refractivity contribution < 1.29 is 9.47 Å². The molecule has 0 aromatic carbocycles. The van der Waals surface area contributed by atoms with Crippen LogP contribution in [0.2, 0.25) is 0 Å². The Hall–Kier alpha value is -0.380. The van der Waals surface area contributed by atoms with E-state index in [1.165, 1.54) is 5.57 Å². The van der Waals surface area contributed by atoms with Crippen LogP contribution in [0.4, 0.5) is 0 Å². The van der Waals surface area contributed by atoms with Gasteiger partial charge in [-0.3, -0.25) is 0 Å². The third-order valence-electron chi connectivity index (χ3n) is 1.94. The summed E-state index contributed by atoms with van der Waals surface area (Å²) < 4.78 is 10.6. The lowest BCUT2D eigenvalue weighted by molar-refractivity contribution is 0.133. The SMILES string of the molecule is C=C(C)CCOCCNCCCOCC. The van der Waals surface area contributed by atoms with Gasteiger partial charge in [-0.05, 0) is 33.2 Å². The summed E-state index contributed by atoms with van der Waals surface area (Å²) in [6, 6.07) is 0. The quantitative estimate of drug-likeness (QED) is 0.422. The summed E-state index contributed by atoms with van der Waals surface area (Å²) in [5.41, 5.74) is 1.18. The Bertz CT molecular complexity index is 149. The van der Waals surface area contributed by atoms with Crippen LogP contribution >= 0.6 is 0 Å². The van der Waals surface area contributed by atoms with Crippen LogP contribution in [0, 0.1) is 0 Å². The Labute approximate surface area is 93.8 Å². The highest BCUT2D eigenvalue weighted by atomic mass is 16.5. The first-order chi connectivity index (χ1) is 7.27. The molecule has 0 fully saturated rings. The molecule has 0 saturated heterocycles. The molecule has 0 heterocycles. The molecule has 0 unspecified atom stereocenters. The van der Waals surface area contributed by atoms with Gasteiger partial charge in [0.15, 0.2) is 0 Å². The van der Waals surface area contributed by atoms with E-state index in [2.05, 4.69) is 11.9 Å². The van der Waals surface area contributed by atoms with Gasteiger partial charge in [-0.25, -0.2) is 0 Å². The molecule has 0 aliphatic heterocycles. The number of nitrogens with one attached hydrogen (secondary N) is 1. The molecule has 0 aliphatic carbocycles. The minimum absolute atomic E-state index is 0.780. The highest BCUT2D eigenvalue weighted by Crippen LogP contribution is 1.94. The van der Waals surface area contributed by atoms with E-state index in [1.54, 1.807) is 0 Å². The van der Waals surface area contributed by atoms with E-state index in [1.807, 2.05) is 13.8 Å². The number of rotatable bonds is 11. The summed E-state index contributed by atoms with van der Waals surface area (Å²) in [6.07, 6.45) is 2.03. The van der Waals surface area contributed by atoms with Gasteiger partial charge in [-0.1, -0.05) is 5.57 Å². The molecule has 0 saturated carbocycles. The van der Waals surface area contributed by atoms with E-state index in [-0.39, 0.29) is 0 Å². The number of hydrogen-bond donors (Lipinski definition) is 1. The molecule has 0 radical (unpaired) electrons. The molecule has 0 spiro atoms. The van der Waals surface area contributed by atoms with Crippen LogP contribution in [0.25, 0.3) is 0 Å². The Morgan fingerprint density at radius 3 is 2.60 bits per heavy atom. The summed E-state index contributed by atoms with van der Waals surface area (Å²) in [5, 5.41) is 3.30. The molecule has 3 heteroatoms. The second kappa shape index (κ2) is 11.7. The van der Waals surface area contributed by atoms with Crippen LogP contribution in [0.1, 0.15) is 26.7 Å². The normalized spacial score (nSPS) is 10.5. The summed E-state index contributed by atoms with van der Waals surface area (Å²) in [7, 11) is 0. The minimum Gasteiger partial charge on any atom is -0.382 e. The van der Waals surface area contributed by atoms with E-state index in [4.69, 9.17) is 9.47 Å². The van der Waals surface area contributed by atoms with Gasteiger partial charge in [0.25, 0.3) is 0 Å². The third-order valence-corrected chi connectivity index (χ3v) is 1.94. The van der Waals surface area contributed by atoms with Crippen molar-refractivity contribution in [3.63, 3.8) is 0 Å². The van der Waals surface area contributed by atoms with Crippen LogP contribution < -0.4 is 5.32 Å². The number of ether oxygens (including phenoxy) is 2. The summed E-state index contributed by atoms with van der Waals surface area (Å²) >= 11 is 0. The molecule has 0 bridgehead atoms. The van der Waals surface area contributed by atoms with Crippen LogP contribution in [0.3, 0.4) is 0 Å². The summed E-state index contributed by atoms with van der Waals surface area (Å²) in [5.74, 6) is 0. The number of hydrogen-bond acceptors (Lipinski definition) is 3. The smallest absolute Gasteiger partial charge is 0.0591 e. The van der Waals surface area contributed by atoms with Crippen molar-refractivity contribution in [3.05, 3.63) is 12.2 Å². The zero-order chi connectivity index (χ0) is 11.4. The monoisotopic (exact) mass is 215 g/mol. The zero-order valence-electron chi connectivity index (χ0n) is 10.2. The van der Waals surface area contributed by atoms with Gasteiger partial charge in [-0.15, -0.1) is 6.58 Å². The van der Waals surface area contributed by atoms with Crippen molar-refractivity contribution in [3.8, 4) is 0 Å². The third kappa shape index (κ3) is 13.6. The average Bonchev–Trinajstić information content (AvgIpc) is 2.20. The summed E-state index contributed by atoms with van der Waals surface area (Å²) in [4.78, 5) is 0. The van der Waals surface area contributed by atoms with Crippen LogP contribution in [0.5, 0.6) is 0 Å². The van der Waals surface area contributed by atoms with E-state index in [0.29, 0.717) is 0 Å². The van der Waals surface area contributed by atoms with E-state index < -0.39 is 0 Å². The van der Waals surface area contributed by atoms with E-state index in [0.717, 1.165) is 52.4 Å². The molecule has 3 nitrogen and oxygen atoms in total. The highest BCUT2D eigenvalue weighted by molar-refractivity contribution is 4.86. The van der Waals surface area contributed by atoms with Crippen molar-refractivity contribution in [2.75, 3.05) is 39.5 Å². The molecule has 0 amide bonds. The summed E-state index contributed by atoms with van der Waals surface area (Å²) in [6.45, 7) is 13.0. The minimum atomic E-state index is 0.780. The molecule has 0 atom stereocenters. The average molecular weight is 215 g/mol. The zero-order valence-corrected chi connectivity index (χ0v) is 10.2. The van der Waals surface area contributed by atoms with Crippen molar-refractivity contribution in [1.82, 2.24) is 5.32 Å². The van der Waals surface area contributed by atoms with Crippen LogP contribution in [-0.4, -0.2) is 39.5 Å². The highest BCUT2D eigenvalue weighted by Gasteiger charge is 1.90. The lowest BCUT2D eigenvalue weighted by Crippen LogP contribution is -2.22. The second-order valence-corrected chi connectivity index (χ2v) is 3.62. The predicted molar refractivity (Wildman–Crippen MR) is 64.2 cm³/mol. The molecule has 90 valence electrons. The largest absolute Gasteiger partial charge is 0.382 e. The lowest BCUT2D eigenvalue weighted by atomic mass is 10.3. The predicted octanol–water partition coefficient (Wildman–Crippen LogP) is 1.99. The first-order valence-electron chi connectivity index (χ1n) is 5.78. The Morgan fingerprint density at radius 1 is 1.13 bits per heavy atom. The van der Waals surface area contributed by atoms with Gasteiger partial charge in [0.1, 0.15) is 0 Å². The van der Waals surface area contributed by atoms with Crippen LogP contribution in [-0.2, 0) is 9.47 Å². The Kier molecular flexibility index (Phi) is 11.4. The fourth-order valence-electron chi connectivity index (χ4n) is 1.06. The second-order valence-electron chi connectivity index (χ2n) is 3.62. The van der Waals surface area contributed by atoms with Gasteiger partial charge >= 0.3 is 0 Å². The Balaban J connectivity index is 2.89. The molecule has 0 rings (SSSR count). The van der Waals surface area contributed by atoms with Gasteiger partial charge in [-0.2, -0.15) is 0 Å². The fraction of sp³-hybridized carbons (Fsp3) is 0.833. The van der Waals surface area contributed by atoms with Gasteiger partial charge in [0, 0.05) is 19.8 Å². The van der Waals surface area contributed by atoms with Crippen molar-refractivity contribution in [2.45, 2.75) is 26.7 Å². The van der Waals surface area contributed by atoms with Gasteiger partial charge < -0.3 is 14.8 Å². The lowest BCUT2D eigenvalue weighted by Gasteiger charge is -2.06. The van der Waals surface area contributed by atoms with Crippen molar-refractivity contribution in [1.29, 1.82) is 0 Å². The molecule has 1 N–H and O–H groups in total. The van der Waals surface area contributed by atoms with Crippen LogP contribution in [0.15, 0.2) is 12.2 Å². The fourth-order valence-corrected chi connectivity index (χ4v) is 1.06. The van der Waals surface area contributed by atoms with Crippen molar-refractivity contribution >= 4 is 0 Å². The first kappa shape index (κ1) is 14.6. The maximum Gasteiger partial charge on any atom is 0.0591 e. The standard InChI is InChI=1S/C12H25NO2/c1-4-14-9-5-7-13-8-11-15-10-6-12(2)3/h13H,2,4-11H2,1,3H3. The first-order valence-corrected chi connectivity index (χ1v) is 5.78. The maximum atomic E-state index is 5.42. The van der Waals surface area contributed by atoms with Gasteiger partial charge in [0.2, 0.25) is 0 Å². The molecule has 0 aromatic heterocycles. The molecule has 0 aliphatic rings. The maximum absolute atomic E-state index is 5.42. The molecular formula is C12H25NO2. The molecule has 15 heavy (non-hydrogen) atoms. The van der Waals surface area contributed by atoms with Crippen molar-refractivity contribution in [2.24, 2.45) is 0 Å².